The maximum Gasteiger partial charge on any atom is 0.266 e. The molecule has 0 unspecified atom stereocenters. The second-order valence-corrected chi connectivity index (χ2v) is 8.90. The van der Waals surface area contributed by atoms with Gasteiger partial charge < -0.3 is 16.2 Å². The Bertz CT molecular complexity index is 1750. The Morgan fingerprint density at radius 2 is 1.68 bits per heavy atom. The van der Waals surface area contributed by atoms with Crippen LogP contribution in [0.3, 0.4) is 0 Å². The van der Waals surface area contributed by atoms with Crippen LogP contribution < -0.4 is 16.5 Å². The van der Waals surface area contributed by atoms with E-state index >= 15 is 0 Å². The lowest BCUT2D eigenvalue weighted by molar-refractivity contribution is 0.296. The van der Waals surface area contributed by atoms with Crippen LogP contribution in [-0.2, 0) is 0 Å². The molecule has 166 valence electrons. The first-order valence-electron chi connectivity index (χ1n) is 10.5. The number of anilines is 2. The molecule has 0 aliphatic rings. The SMILES string of the molecule is Nc1c(-c2cccc3ccccc23)c2ccc(N([O-])O)cc2c(=O)n1-c1nc2ccccc2s1. The van der Waals surface area contributed by atoms with E-state index in [1.807, 2.05) is 66.7 Å². The van der Waals surface area contributed by atoms with Gasteiger partial charge in [-0.25, -0.2) is 9.55 Å². The molecule has 0 fully saturated rings. The largest absolute Gasteiger partial charge is 0.733 e. The molecule has 0 saturated heterocycles. The Morgan fingerprint density at radius 3 is 2.50 bits per heavy atom. The van der Waals surface area contributed by atoms with Gasteiger partial charge in [-0.2, -0.15) is 0 Å². The van der Waals surface area contributed by atoms with E-state index in [9.17, 15) is 15.2 Å². The van der Waals surface area contributed by atoms with Crippen molar-refractivity contribution in [3.63, 3.8) is 0 Å². The van der Waals surface area contributed by atoms with Crippen molar-refractivity contribution >= 4 is 54.6 Å². The lowest BCUT2D eigenvalue weighted by Crippen LogP contribution is -2.23. The zero-order chi connectivity index (χ0) is 23.4. The van der Waals surface area contributed by atoms with Gasteiger partial charge in [-0.05, 0) is 46.0 Å². The summed E-state index contributed by atoms with van der Waals surface area (Å²) in [6.07, 6.45) is 0. The number of hydrogen-bond donors (Lipinski definition) is 2. The van der Waals surface area contributed by atoms with E-state index in [0.717, 1.165) is 26.6 Å². The molecule has 6 rings (SSSR count). The topological polar surface area (TPSA) is 107 Å². The van der Waals surface area contributed by atoms with Crippen LogP contribution in [0.2, 0.25) is 0 Å². The summed E-state index contributed by atoms with van der Waals surface area (Å²) in [5.74, 6) is 0.253. The van der Waals surface area contributed by atoms with Crippen molar-refractivity contribution in [3.05, 3.63) is 100 Å². The number of aromatic nitrogens is 2. The lowest BCUT2D eigenvalue weighted by Gasteiger charge is -2.23. The summed E-state index contributed by atoms with van der Waals surface area (Å²) in [4.78, 5) is 18.3. The van der Waals surface area contributed by atoms with Crippen molar-refractivity contribution in [3.8, 4) is 16.3 Å². The normalized spacial score (nSPS) is 11.5. The minimum atomic E-state index is -0.417. The van der Waals surface area contributed by atoms with Gasteiger partial charge in [0.05, 0.1) is 21.3 Å². The van der Waals surface area contributed by atoms with Crippen LogP contribution in [0.4, 0.5) is 11.5 Å². The zero-order valence-electron chi connectivity index (χ0n) is 17.7. The highest BCUT2D eigenvalue weighted by atomic mass is 32.1. The number of fused-ring (bicyclic) bond motifs is 3. The Morgan fingerprint density at radius 1 is 0.912 bits per heavy atom. The van der Waals surface area contributed by atoms with E-state index in [4.69, 9.17) is 5.73 Å². The van der Waals surface area contributed by atoms with Crippen molar-refractivity contribution in [1.29, 1.82) is 0 Å². The van der Waals surface area contributed by atoms with Gasteiger partial charge in [-0.15, -0.1) is 0 Å². The van der Waals surface area contributed by atoms with E-state index in [2.05, 4.69) is 4.98 Å². The van der Waals surface area contributed by atoms with Gasteiger partial charge in [0.15, 0.2) is 5.13 Å². The zero-order valence-corrected chi connectivity index (χ0v) is 18.5. The molecule has 0 bridgehead atoms. The van der Waals surface area contributed by atoms with Crippen LogP contribution in [0.5, 0.6) is 0 Å². The van der Waals surface area contributed by atoms with Gasteiger partial charge >= 0.3 is 0 Å². The molecule has 0 amide bonds. The van der Waals surface area contributed by atoms with Crippen molar-refractivity contribution in [2.24, 2.45) is 0 Å². The molecule has 34 heavy (non-hydrogen) atoms. The molecule has 4 aromatic carbocycles. The van der Waals surface area contributed by atoms with Gasteiger partial charge in [0, 0.05) is 5.56 Å². The molecule has 6 aromatic rings. The fraction of sp³-hybridized carbons (Fsp3) is 0. The second-order valence-electron chi connectivity index (χ2n) is 7.89. The van der Waals surface area contributed by atoms with E-state index in [0.29, 0.717) is 16.1 Å². The smallest absolute Gasteiger partial charge is 0.266 e. The number of thiazole rings is 1. The first-order chi connectivity index (χ1) is 16.5. The molecular formula is C26H17N4O3S-. The third-order valence-electron chi connectivity index (χ3n) is 5.96. The number of benzene rings is 4. The molecular weight excluding hydrogens is 448 g/mol. The van der Waals surface area contributed by atoms with Crippen molar-refractivity contribution in [1.82, 2.24) is 9.55 Å². The molecule has 0 spiro atoms. The fourth-order valence-corrected chi connectivity index (χ4v) is 5.38. The average Bonchev–Trinajstić information content (AvgIpc) is 3.27. The number of rotatable bonds is 3. The molecule has 0 aliphatic carbocycles. The molecule has 0 saturated carbocycles. The standard InChI is InChI=1S/C26H17N4O3S/c27-24-23(18-9-5-7-15-6-1-2-8-17(15)18)19-13-12-16(30(32)33)14-20(19)25(31)29(24)26-28-21-10-3-4-11-22(21)34-26/h1-14,32H,27H2/q-1. The minimum absolute atomic E-state index is 0.0471. The second kappa shape index (κ2) is 7.67. The third kappa shape index (κ3) is 3.05. The molecule has 7 nitrogen and oxygen atoms in total. The average molecular weight is 466 g/mol. The van der Waals surface area contributed by atoms with Gasteiger partial charge in [-0.3, -0.25) is 10.0 Å². The molecule has 0 aliphatic heterocycles. The highest BCUT2D eigenvalue weighted by molar-refractivity contribution is 7.20. The minimum Gasteiger partial charge on any atom is -0.733 e. The van der Waals surface area contributed by atoms with Crippen LogP contribution in [0.1, 0.15) is 0 Å². The quantitative estimate of drug-likeness (QED) is 0.325. The summed E-state index contributed by atoms with van der Waals surface area (Å²) in [6.45, 7) is 0. The molecule has 0 radical (unpaired) electrons. The van der Waals surface area contributed by atoms with Crippen molar-refractivity contribution in [2.45, 2.75) is 0 Å². The van der Waals surface area contributed by atoms with Crippen LogP contribution >= 0.6 is 11.3 Å². The molecule has 2 heterocycles. The Hall–Kier alpha value is -4.24. The monoisotopic (exact) mass is 465 g/mol. The molecule has 3 N–H and O–H groups in total. The third-order valence-corrected chi connectivity index (χ3v) is 6.98. The maximum atomic E-state index is 13.7. The summed E-state index contributed by atoms with van der Waals surface area (Å²) < 4.78 is 2.31. The van der Waals surface area contributed by atoms with Crippen molar-refractivity contribution in [2.75, 3.05) is 11.0 Å². The van der Waals surface area contributed by atoms with E-state index in [1.165, 1.54) is 28.0 Å². The van der Waals surface area contributed by atoms with Crippen LogP contribution in [0.15, 0.2) is 89.7 Å². The Balaban J connectivity index is 1.78. The Labute approximate surface area is 197 Å². The lowest BCUT2D eigenvalue weighted by atomic mass is 9.94. The predicted octanol–water partition coefficient (Wildman–Crippen LogP) is 5.70. The summed E-state index contributed by atoms with van der Waals surface area (Å²) in [5.41, 5.74) is 8.54. The van der Waals surface area contributed by atoms with Gasteiger partial charge in [0.25, 0.3) is 5.56 Å². The highest BCUT2D eigenvalue weighted by Crippen LogP contribution is 2.39. The van der Waals surface area contributed by atoms with Gasteiger partial charge in [-0.1, -0.05) is 72.0 Å². The van der Waals surface area contributed by atoms with Gasteiger partial charge in [0.2, 0.25) is 0 Å². The number of hydrogen-bond acceptors (Lipinski definition) is 7. The number of nitrogen functional groups attached to an aromatic ring is 1. The van der Waals surface area contributed by atoms with Crippen LogP contribution in [0.25, 0.3) is 48.0 Å². The van der Waals surface area contributed by atoms with Crippen molar-refractivity contribution < 1.29 is 5.21 Å². The van der Waals surface area contributed by atoms with Crippen LogP contribution in [0, 0.1) is 5.21 Å². The first-order valence-corrected chi connectivity index (χ1v) is 11.3. The summed E-state index contributed by atoms with van der Waals surface area (Å²) in [7, 11) is 0. The van der Waals surface area contributed by atoms with E-state index < -0.39 is 5.56 Å². The van der Waals surface area contributed by atoms with Gasteiger partial charge in [0.1, 0.15) is 5.82 Å². The number of nitrogens with zero attached hydrogens (tertiary/aromatic N) is 3. The summed E-state index contributed by atoms with van der Waals surface area (Å²) in [6, 6.07) is 25.9. The van der Waals surface area contributed by atoms with E-state index in [1.54, 1.807) is 6.07 Å². The fourth-order valence-electron chi connectivity index (χ4n) is 4.40. The number of pyridine rings is 1. The molecule has 8 heteroatoms. The number of para-hydroxylation sites is 1. The summed E-state index contributed by atoms with van der Waals surface area (Å²) >= 11 is 1.36. The van der Waals surface area contributed by atoms with Crippen LogP contribution in [-0.4, -0.2) is 14.8 Å². The van der Waals surface area contributed by atoms with E-state index in [-0.39, 0.29) is 22.1 Å². The molecule has 2 aromatic heterocycles. The summed E-state index contributed by atoms with van der Waals surface area (Å²) in [5, 5.41) is 24.1. The highest BCUT2D eigenvalue weighted by Gasteiger charge is 2.21. The molecule has 0 atom stereocenters. The maximum absolute atomic E-state index is 13.7. The Kier molecular flexibility index (Phi) is 4.59. The number of nitrogens with two attached hydrogens (primary N) is 1. The first kappa shape index (κ1) is 20.4. The predicted molar refractivity (Wildman–Crippen MR) is 138 cm³/mol.